The van der Waals surface area contributed by atoms with Crippen molar-refractivity contribution in [3.63, 3.8) is 0 Å². The summed E-state index contributed by atoms with van der Waals surface area (Å²) < 4.78 is 0. The Balaban J connectivity index is 1.30. The van der Waals surface area contributed by atoms with Crippen LogP contribution < -0.4 is 11.5 Å². The van der Waals surface area contributed by atoms with Crippen LogP contribution in [0.25, 0.3) is 0 Å². The summed E-state index contributed by atoms with van der Waals surface area (Å²) in [7, 11) is 0. The van der Waals surface area contributed by atoms with Crippen molar-refractivity contribution in [2.45, 2.75) is 163 Å². The number of rotatable bonds is 18. The predicted octanol–water partition coefficient (Wildman–Crippen LogP) is 10.3. The number of fused-ring (bicyclic) bond motifs is 5. The number of unbranched alkanes of at least 4 members (excludes halogenated alkanes) is 5. The minimum atomic E-state index is -0.791. The molecule has 4 aliphatic carbocycles. The molecule has 5 N–H and O–H groups in total. The number of allylic oxidation sites excluding steroid dienone is 2. The molecule has 0 aromatic carbocycles. The second kappa shape index (κ2) is 17.0. The fraction of sp³-hybridized carbons (Fsp3) is 0.927. The van der Waals surface area contributed by atoms with Crippen LogP contribution in [0.2, 0.25) is 0 Å². The van der Waals surface area contributed by atoms with Gasteiger partial charge in [-0.05, 0) is 142 Å². The van der Waals surface area contributed by atoms with Crippen molar-refractivity contribution in [1.29, 1.82) is 0 Å². The fourth-order valence-electron chi connectivity index (χ4n) is 11.7. The van der Waals surface area contributed by atoms with Gasteiger partial charge in [-0.15, -0.1) is 0 Å². The zero-order valence-corrected chi connectivity index (χ0v) is 31.1. The molecule has 1 amide bonds. The molecule has 0 radical (unpaired) electrons. The van der Waals surface area contributed by atoms with Gasteiger partial charge in [-0.3, -0.25) is 0 Å². The number of hydrogen-bond donors (Lipinski definition) is 3. The van der Waals surface area contributed by atoms with E-state index in [1.165, 1.54) is 83.5 Å². The molecule has 3 saturated carbocycles. The van der Waals surface area contributed by atoms with Crippen LogP contribution in [0.3, 0.4) is 0 Å². The maximum Gasteiger partial charge on any atom is 0.407 e. The monoisotopic (exact) mass is 642 g/mol. The minimum absolute atomic E-state index is 0.0796. The van der Waals surface area contributed by atoms with E-state index < -0.39 is 6.09 Å². The van der Waals surface area contributed by atoms with Crippen LogP contribution in [-0.2, 0) is 0 Å². The van der Waals surface area contributed by atoms with Crippen LogP contribution in [0.4, 0.5) is 4.79 Å². The lowest BCUT2D eigenvalue weighted by molar-refractivity contribution is -0.0536. The number of hydrogen-bond acceptors (Lipinski definition) is 3. The van der Waals surface area contributed by atoms with Gasteiger partial charge in [-0.2, -0.15) is 0 Å². The molecule has 0 aromatic rings. The summed E-state index contributed by atoms with van der Waals surface area (Å²) in [5.74, 6) is 6.52. The molecular weight excluding hydrogens is 566 g/mol. The maximum atomic E-state index is 12.0. The van der Waals surface area contributed by atoms with Gasteiger partial charge in [0.1, 0.15) is 0 Å². The molecule has 10 atom stereocenters. The quantitative estimate of drug-likeness (QED) is 0.103. The Morgan fingerprint density at radius 1 is 0.935 bits per heavy atom. The van der Waals surface area contributed by atoms with E-state index in [0.717, 1.165) is 80.1 Å². The van der Waals surface area contributed by atoms with Crippen molar-refractivity contribution >= 4 is 6.09 Å². The van der Waals surface area contributed by atoms with Crippen molar-refractivity contribution in [1.82, 2.24) is 4.90 Å². The van der Waals surface area contributed by atoms with Crippen LogP contribution in [0.1, 0.15) is 157 Å². The van der Waals surface area contributed by atoms with Crippen LogP contribution >= 0.6 is 0 Å². The summed E-state index contributed by atoms with van der Waals surface area (Å²) in [5, 5.41) is 9.84. The highest BCUT2D eigenvalue weighted by atomic mass is 16.4. The number of amides is 1. The fourth-order valence-corrected chi connectivity index (χ4v) is 11.7. The average Bonchev–Trinajstić information content (AvgIpc) is 3.38. The van der Waals surface area contributed by atoms with Crippen LogP contribution in [-0.4, -0.2) is 41.8 Å². The van der Waals surface area contributed by atoms with E-state index in [2.05, 4.69) is 47.6 Å². The molecule has 5 nitrogen and oxygen atoms in total. The molecule has 0 bridgehead atoms. The first kappa shape index (κ1) is 37.7. The Morgan fingerprint density at radius 2 is 1.65 bits per heavy atom. The van der Waals surface area contributed by atoms with Gasteiger partial charge < -0.3 is 21.5 Å². The smallest absolute Gasteiger partial charge is 0.407 e. The summed E-state index contributed by atoms with van der Waals surface area (Å²) in [4.78, 5) is 13.6. The summed E-state index contributed by atoms with van der Waals surface area (Å²) in [6.45, 7) is 17.1. The van der Waals surface area contributed by atoms with Crippen LogP contribution in [0.5, 0.6) is 0 Å². The third-order valence-corrected chi connectivity index (χ3v) is 14.9. The topological polar surface area (TPSA) is 92.6 Å². The minimum Gasteiger partial charge on any atom is -0.465 e. The van der Waals surface area contributed by atoms with E-state index in [0.29, 0.717) is 29.8 Å². The first-order chi connectivity index (χ1) is 22.0. The van der Waals surface area contributed by atoms with Crippen molar-refractivity contribution in [3.05, 3.63) is 11.6 Å². The number of nitrogens with zero attached hydrogens (tertiary/aromatic N) is 1. The van der Waals surface area contributed by atoms with E-state index >= 15 is 0 Å². The predicted molar refractivity (Wildman–Crippen MR) is 195 cm³/mol. The van der Waals surface area contributed by atoms with Gasteiger partial charge in [0.05, 0.1) is 0 Å². The summed E-state index contributed by atoms with van der Waals surface area (Å²) in [6, 6.07) is 0.0796. The van der Waals surface area contributed by atoms with Gasteiger partial charge in [0.25, 0.3) is 0 Å². The molecule has 4 rings (SSSR count). The van der Waals surface area contributed by atoms with Crippen LogP contribution in [0, 0.1) is 58.2 Å². The second-order valence-corrected chi connectivity index (χ2v) is 17.6. The number of nitrogens with two attached hydrogens (primary N) is 2. The van der Waals surface area contributed by atoms with Crippen molar-refractivity contribution in [3.8, 4) is 0 Å². The highest BCUT2D eigenvalue weighted by Crippen LogP contribution is 2.67. The highest BCUT2D eigenvalue weighted by molar-refractivity contribution is 5.64. The van der Waals surface area contributed by atoms with Crippen molar-refractivity contribution < 1.29 is 9.90 Å². The molecule has 0 saturated heterocycles. The molecule has 5 heteroatoms. The average molecular weight is 642 g/mol. The van der Waals surface area contributed by atoms with E-state index in [1.807, 2.05) is 0 Å². The molecule has 0 aliphatic heterocycles. The zero-order chi connectivity index (χ0) is 33.5. The summed E-state index contributed by atoms with van der Waals surface area (Å²) >= 11 is 0. The molecular formula is C41H75N3O2. The first-order valence-corrected chi connectivity index (χ1v) is 20.1. The van der Waals surface area contributed by atoms with E-state index in [4.69, 9.17) is 11.5 Å². The largest absolute Gasteiger partial charge is 0.465 e. The molecule has 266 valence electrons. The summed E-state index contributed by atoms with van der Waals surface area (Å²) in [6.07, 6.45) is 24.1. The standard InChI is InChI=1S/C41H75N3O2/c1-7-31(29(2)3)15-14-30(4)35-18-19-36-34-17-16-33-28-32(20-23-40(33,5)37(34)21-24-41(35,36)6)38(43)22-27-44(39(45)46)26-13-11-9-8-10-12-25-42/h16,29-32,34-38H,7-15,17-28,42-43H2,1-6H3,(H,45,46)/t30-,31-,32+,34+,35-,36+,37+,38?,40+,41-/m1/s1. The second-order valence-electron chi connectivity index (χ2n) is 17.6. The summed E-state index contributed by atoms with van der Waals surface area (Å²) in [5.41, 5.74) is 15.0. The lowest BCUT2D eigenvalue weighted by Gasteiger charge is -2.59. The lowest BCUT2D eigenvalue weighted by atomic mass is 9.46. The highest BCUT2D eigenvalue weighted by Gasteiger charge is 2.59. The van der Waals surface area contributed by atoms with Crippen molar-refractivity contribution in [2.75, 3.05) is 19.6 Å². The zero-order valence-electron chi connectivity index (χ0n) is 31.1. The Morgan fingerprint density at radius 3 is 2.33 bits per heavy atom. The molecule has 4 aliphatic rings. The van der Waals surface area contributed by atoms with Crippen molar-refractivity contribution in [2.24, 2.45) is 69.6 Å². The molecule has 0 aromatic heterocycles. The SMILES string of the molecule is CC[C@H](CC[C@@H](C)[C@H]1CC[C@H]2[C@@H]3CC=C4C[C@@H](C(N)CCN(CCCCCCCCN)C(=O)O)CC[C@]4(C)[C@H]3CC[C@]12C)C(C)C. The van der Waals surface area contributed by atoms with Gasteiger partial charge in [0.2, 0.25) is 0 Å². The lowest BCUT2D eigenvalue weighted by Crippen LogP contribution is -2.51. The molecule has 0 heterocycles. The normalized spacial score (nSPS) is 34.3. The third-order valence-electron chi connectivity index (χ3n) is 14.9. The Kier molecular flexibility index (Phi) is 14.0. The van der Waals surface area contributed by atoms with Gasteiger partial charge in [-0.25, -0.2) is 4.79 Å². The Labute approximate surface area is 284 Å². The number of carboxylic acid groups (broad SMARTS) is 1. The van der Waals surface area contributed by atoms with Gasteiger partial charge >= 0.3 is 6.09 Å². The first-order valence-electron chi connectivity index (χ1n) is 20.1. The van der Waals surface area contributed by atoms with E-state index in [1.54, 1.807) is 10.5 Å². The number of carbonyl (C=O) groups is 1. The molecule has 1 unspecified atom stereocenters. The van der Waals surface area contributed by atoms with E-state index in [-0.39, 0.29) is 6.04 Å². The van der Waals surface area contributed by atoms with Crippen LogP contribution in [0.15, 0.2) is 11.6 Å². The van der Waals surface area contributed by atoms with E-state index in [9.17, 15) is 9.90 Å². The van der Waals surface area contributed by atoms with Gasteiger partial charge in [0.15, 0.2) is 0 Å². The Bertz CT molecular complexity index is 981. The van der Waals surface area contributed by atoms with Gasteiger partial charge in [0, 0.05) is 19.1 Å². The Hall–Kier alpha value is -1.07. The maximum absolute atomic E-state index is 12.0. The molecule has 0 spiro atoms. The molecule has 3 fully saturated rings. The van der Waals surface area contributed by atoms with Gasteiger partial charge in [-0.1, -0.05) is 91.7 Å². The molecule has 46 heavy (non-hydrogen) atoms. The third kappa shape index (κ3) is 8.55.